The van der Waals surface area contributed by atoms with Crippen LogP contribution in [0, 0.1) is 29.6 Å². The molecule has 4 aliphatic heterocycles. The Morgan fingerprint density at radius 1 is 0.610 bits per heavy atom. The van der Waals surface area contributed by atoms with Crippen LogP contribution in [-0.2, 0) is 48.0 Å². The second-order valence-electron chi connectivity index (χ2n) is 24.0. The first kappa shape index (κ1) is 61.2. The summed E-state index contributed by atoms with van der Waals surface area (Å²) in [6.45, 7) is 4.48. The number of pyridine rings is 2. The fraction of sp³-hybridized carbons (Fsp3) is 0.548. The average Bonchev–Trinajstić information content (AvgIpc) is 3.97. The highest BCUT2D eigenvalue weighted by Crippen LogP contribution is 2.53. The topological polar surface area (TPSA) is 170 Å². The van der Waals surface area contributed by atoms with E-state index in [9.17, 15) is 24.0 Å². The Kier molecular flexibility index (Phi) is 20.0. The number of halogens is 6. The van der Waals surface area contributed by atoms with E-state index < -0.39 is 11.8 Å². The number of piperidine rings is 4. The van der Waals surface area contributed by atoms with Gasteiger partial charge in [0.15, 0.2) is 0 Å². The minimum Gasteiger partial charge on any atom is -0.370 e. The number of aryl methyl sites for hydroxylation is 2. The molecule has 0 bridgehead atoms. The van der Waals surface area contributed by atoms with Gasteiger partial charge in [0.05, 0.1) is 11.4 Å². The van der Waals surface area contributed by atoms with E-state index in [0.29, 0.717) is 101 Å². The Balaban J connectivity index is 0.928. The van der Waals surface area contributed by atoms with Gasteiger partial charge in [0.25, 0.3) is 0 Å². The normalized spacial score (nSPS) is 21.3. The van der Waals surface area contributed by atoms with Crippen molar-refractivity contribution in [2.45, 2.75) is 120 Å². The van der Waals surface area contributed by atoms with Gasteiger partial charge < -0.3 is 30.2 Å². The van der Waals surface area contributed by atoms with Crippen molar-refractivity contribution < 1.29 is 28.8 Å². The third-order valence-electron chi connectivity index (χ3n) is 18.8. The van der Waals surface area contributed by atoms with E-state index in [4.69, 9.17) is 38.9 Å². The third kappa shape index (κ3) is 13.7. The number of fused-ring (bicyclic) bond motifs is 4. The fourth-order valence-corrected chi connectivity index (χ4v) is 17.5. The molecule has 2 aromatic carbocycles. The Morgan fingerprint density at radius 2 is 1.12 bits per heavy atom. The molecule has 20 heteroatoms. The second kappa shape index (κ2) is 26.8. The predicted molar refractivity (Wildman–Crippen MR) is 331 cm³/mol. The van der Waals surface area contributed by atoms with E-state index in [1.807, 2.05) is 34.3 Å². The minimum absolute atomic E-state index is 0.00802. The van der Waals surface area contributed by atoms with E-state index >= 15 is 4.79 Å². The zero-order valence-corrected chi connectivity index (χ0v) is 54.5. The van der Waals surface area contributed by atoms with Crippen molar-refractivity contribution in [2.24, 2.45) is 35.3 Å². The monoisotopic (exact) mass is 1410 g/mol. The summed E-state index contributed by atoms with van der Waals surface area (Å²) < 4.78 is 3.66. The molecule has 438 valence electrons. The number of amides is 6. The molecule has 14 nitrogen and oxygen atoms in total. The molecule has 2 N–H and O–H groups in total. The number of carbonyl (C=O) groups is 6. The van der Waals surface area contributed by atoms with Gasteiger partial charge in [0.1, 0.15) is 6.42 Å². The molecule has 2 aliphatic carbocycles. The van der Waals surface area contributed by atoms with Crippen LogP contribution in [0.3, 0.4) is 0 Å². The number of nitrogens with two attached hydrogens (primary N) is 1. The maximum atomic E-state index is 16.2. The summed E-state index contributed by atoms with van der Waals surface area (Å²) in [6, 6.07) is 12.5. The van der Waals surface area contributed by atoms with Crippen molar-refractivity contribution in [1.82, 2.24) is 34.5 Å². The number of rotatable bonds is 13. The molecule has 6 amide bonds. The van der Waals surface area contributed by atoms with Crippen LogP contribution in [0.2, 0.25) is 10.0 Å². The highest BCUT2D eigenvalue weighted by Gasteiger charge is 2.47. The molecular formula is C62H72Br4Cl2N8O6. The quantitative estimate of drug-likeness (QED) is 0.129. The predicted octanol–water partition coefficient (Wildman–Crippen LogP) is 11.6. The van der Waals surface area contributed by atoms with Gasteiger partial charge in [0.2, 0.25) is 35.4 Å². The lowest BCUT2D eigenvalue weighted by molar-refractivity contribution is -0.142. The molecular weight excluding hydrogens is 1340 g/mol. The summed E-state index contributed by atoms with van der Waals surface area (Å²) in [4.78, 5) is 100. The first-order valence-electron chi connectivity index (χ1n) is 29.2. The molecule has 0 spiro atoms. The number of carbonyl (C=O) groups excluding carboxylic acids is 6. The molecule has 4 fully saturated rings. The van der Waals surface area contributed by atoms with Crippen LogP contribution in [0.15, 0.2) is 66.7 Å². The van der Waals surface area contributed by atoms with Crippen molar-refractivity contribution in [2.75, 3.05) is 66.5 Å². The number of hydrogen-bond donors (Lipinski definition) is 1. The molecule has 2 unspecified atom stereocenters. The van der Waals surface area contributed by atoms with Gasteiger partial charge in [-0.25, -0.2) is 0 Å². The molecule has 82 heavy (non-hydrogen) atoms. The van der Waals surface area contributed by atoms with Crippen molar-refractivity contribution in [3.05, 3.63) is 121 Å². The molecule has 10 rings (SSSR count). The van der Waals surface area contributed by atoms with Gasteiger partial charge in [-0.15, -0.1) is 0 Å². The molecule has 2 aromatic heterocycles. The number of primary amides is 1. The van der Waals surface area contributed by atoms with E-state index in [0.717, 1.165) is 97.3 Å². The average molecular weight is 1420 g/mol. The molecule has 6 aliphatic rings. The number of nitrogens with zero attached hydrogens (tertiary/aromatic N) is 7. The molecule has 4 atom stereocenters. The molecule has 0 radical (unpaired) electrons. The third-order valence-corrected chi connectivity index (χ3v) is 21.4. The van der Waals surface area contributed by atoms with Gasteiger partial charge in [-0.3, -0.25) is 38.7 Å². The van der Waals surface area contributed by atoms with Crippen LogP contribution in [0.4, 0.5) is 0 Å². The first-order chi connectivity index (χ1) is 39.3. The zero-order valence-electron chi connectivity index (χ0n) is 46.6. The van der Waals surface area contributed by atoms with Crippen LogP contribution in [-0.4, -0.2) is 136 Å². The molecule has 0 saturated carbocycles. The van der Waals surface area contributed by atoms with Gasteiger partial charge in [-0.1, -0.05) is 55.1 Å². The summed E-state index contributed by atoms with van der Waals surface area (Å²) >= 11 is 29.4. The van der Waals surface area contributed by atoms with Gasteiger partial charge in [-0.05, 0) is 202 Å². The smallest absolute Gasteiger partial charge is 0.232 e. The molecule has 6 heterocycles. The minimum atomic E-state index is -0.479. The maximum Gasteiger partial charge on any atom is 0.232 e. The molecule has 4 aromatic rings. The summed E-state index contributed by atoms with van der Waals surface area (Å²) in [6.07, 6.45) is 13.1. The van der Waals surface area contributed by atoms with Crippen LogP contribution < -0.4 is 5.73 Å². The fourth-order valence-electron chi connectivity index (χ4n) is 14.6. The van der Waals surface area contributed by atoms with Crippen molar-refractivity contribution in [3.63, 3.8) is 0 Å². The zero-order chi connectivity index (χ0) is 58.1. The number of benzene rings is 2. The Morgan fingerprint density at radius 3 is 1.74 bits per heavy atom. The number of aromatic nitrogens is 2. The largest absolute Gasteiger partial charge is 0.370 e. The number of hydrogen-bond acceptors (Lipinski definition) is 8. The molecule has 4 saturated heterocycles. The van der Waals surface area contributed by atoms with Gasteiger partial charge in [-0.2, -0.15) is 0 Å². The lowest BCUT2D eigenvalue weighted by Gasteiger charge is -2.43. The van der Waals surface area contributed by atoms with Crippen LogP contribution in [0.25, 0.3) is 0 Å². The summed E-state index contributed by atoms with van der Waals surface area (Å²) in [5.74, 6) is -1.04. The Bertz CT molecular complexity index is 3100. The SMILES string of the molecule is CN(C)C(=O)CC(=O)N1CCC(C(C(=O)N2CCC([C@H]3c4ncc(Br)cc4CCc4cc(Cl)cc(Br)c43)CC2)C2Cc3cc(Br)cnc3[C@H](C3CCN(C(=O)CC4CCN(C(=O)CCCC(N)=O)CC4)CC3)c3c(Br)cc(Cl)cc32)CC1. The summed E-state index contributed by atoms with van der Waals surface area (Å²) in [5, 5.41) is 1.27. The first-order valence-corrected chi connectivity index (χ1v) is 33.1. The van der Waals surface area contributed by atoms with E-state index in [1.54, 1.807) is 19.0 Å². The second-order valence-corrected chi connectivity index (χ2v) is 28.4. The lowest BCUT2D eigenvalue weighted by atomic mass is 9.69. The van der Waals surface area contributed by atoms with Crippen LogP contribution >= 0.6 is 86.9 Å². The van der Waals surface area contributed by atoms with Crippen LogP contribution in [0.5, 0.6) is 0 Å². The lowest BCUT2D eigenvalue weighted by Crippen LogP contribution is -2.49. The van der Waals surface area contributed by atoms with Crippen molar-refractivity contribution in [1.29, 1.82) is 0 Å². The summed E-state index contributed by atoms with van der Waals surface area (Å²) in [7, 11) is 3.32. The standard InChI is InChI=1S/C62H72Br4Cl2N8O6/c1-72(2)52(79)32-54(81)75-18-10-36(11-19-75)55(62(82)76-22-14-37(15-23-76)57-56-39(27-44(67)30-48(56)65)6-7-40-25-42(63)33-70-60(40)57)46-28-41-26-43(64)34-71-61(41)58(59-47(46)29-45(68)31-49(59)66)38-12-20-74(21-13-38)53(80)24-35-8-16-73(17-9-35)51(78)5-3-4-50(69)77/h25-27,29-31,33-38,46,55,57-58H,3-24,28,32H2,1-2H3,(H2,69,77)/t46?,55?,57-,58-/m1/s1. The van der Waals surface area contributed by atoms with Crippen molar-refractivity contribution >= 4 is 122 Å². The van der Waals surface area contributed by atoms with Gasteiger partial charge >= 0.3 is 0 Å². The van der Waals surface area contributed by atoms with E-state index in [-0.39, 0.29) is 83.8 Å². The van der Waals surface area contributed by atoms with E-state index in [1.165, 1.54) is 21.6 Å². The maximum absolute atomic E-state index is 16.2. The van der Waals surface area contributed by atoms with Crippen molar-refractivity contribution in [3.8, 4) is 0 Å². The highest BCUT2D eigenvalue weighted by molar-refractivity contribution is 9.11. The van der Waals surface area contributed by atoms with Crippen LogP contribution in [0.1, 0.15) is 146 Å². The van der Waals surface area contributed by atoms with E-state index in [2.05, 4.69) is 92.9 Å². The summed E-state index contributed by atoms with van der Waals surface area (Å²) in [5.41, 5.74) is 14.2. The highest BCUT2D eigenvalue weighted by atomic mass is 79.9. The number of likely N-dealkylation sites (tertiary alicyclic amines) is 4. The Hall–Kier alpha value is -3.94. The Labute approximate surface area is 525 Å². The van der Waals surface area contributed by atoms with Gasteiger partial charge in [0, 0.05) is 150 Å².